The van der Waals surface area contributed by atoms with E-state index in [4.69, 9.17) is 0 Å². The Morgan fingerprint density at radius 3 is 2.79 bits per heavy atom. The minimum absolute atomic E-state index is 0.606. The number of nitrogens with zero attached hydrogens (tertiary/aromatic N) is 3. The van der Waals surface area contributed by atoms with E-state index >= 15 is 0 Å². The standard InChI is InChI=1S/C14H21N3S2/c1-2-12(14-3-4-15-11-16-14)8-17(5-1)13-9-18-6-7-19-10-13/h3-4,11-13H,1-2,5-10H2/t12-/m1/s1. The first-order valence-electron chi connectivity index (χ1n) is 7.09. The molecular weight excluding hydrogens is 274 g/mol. The van der Waals surface area contributed by atoms with E-state index in [1.54, 1.807) is 6.33 Å². The molecular formula is C14H21N3S2. The van der Waals surface area contributed by atoms with Crippen LogP contribution in [0.15, 0.2) is 18.6 Å². The van der Waals surface area contributed by atoms with Crippen LogP contribution in [0, 0.1) is 0 Å². The predicted molar refractivity (Wildman–Crippen MR) is 84.0 cm³/mol. The molecule has 0 spiro atoms. The normalized spacial score (nSPS) is 27.1. The van der Waals surface area contributed by atoms with Crippen LogP contribution < -0.4 is 0 Å². The first kappa shape index (κ1) is 13.7. The van der Waals surface area contributed by atoms with Crippen molar-refractivity contribution in [3.05, 3.63) is 24.3 Å². The second-order valence-corrected chi connectivity index (χ2v) is 7.57. The van der Waals surface area contributed by atoms with Crippen LogP contribution in [-0.4, -0.2) is 57.0 Å². The molecule has 19 heavy (non-hydrogen) atoms. The third-order valence-corrected chi connectivity index (χ3v) is 6.47. The Bertz CT molecular complexity index is 380. The smallest absolute Gasteiger partial charge is 0.115 e. The van der Waals surface area contributed by atoms with Gasteiger partial charge in [0.2, 0.25) is 0 Å². The van der Waals surface area contributed by atoms with Crippen molar-refractivity contribution in [3.8, 4) is 0 Å². The van der Waals surface area contributed by atoms with E-state index in [0.717, 1.165) is 6.04 Å². The quantitative estimate of drug-likeness (QED) is 0.836. The number of aromatic nitrogens is 2. The molecule has 3 nitrogen and oxygen atoms in total. The molecule has 3 rings (SSSR count). The van der Waals surface area contributed by atoms with Gasteiger partial charge in [0.15, 0.2) is 0 Å². The fraction of sp³-hybridized carbons (Fsp3) is 0.714. The second kappa shape index (κ2) is 6.95. The molecule has 2 saturated heterocycles. The summed E-state index contributed by atoms with van der Waals surface area (Å²) in [5, 5.41) is 0. The fourth-order valence-corrected chi connectivity index (χ4v) is 5.56. The highest BCUT2D eigenvalue weighted by Gasteiger charge is 2.28. The number of rotatable bonds is 2. The van der Waals surface area contributed by atoms with Crippen molar-refractivity contribution in [2.24, 2.45) is 0 Å². The highest BCUT2D eigenvalue weighted by molar-refractivity contribution is 8.03. The maximum absolute atomic E-state index is 4.45. The zero-order chi connectivity index (χ0) is 12.9. The van der Waals surface area contributed by atoms with Crippen molar-refractivity contribution in [2.75, 3.05) is 36.1 Å². The monoisotopic (exact) mass is 295 g/mol. The third-order valence-electron chi connectivity index (χ3n) is 3.98. The van der Waals surface area contributed by atoms with Crippen molar-refractivity contribution in [3.63, 3.8) is 0 Å². The predicted octanol–water partition coefficient (Wildman–Crippen LogP) is 2.50. The Morgan fingerprint density at radius 2 is 2.05 bits per heavy atom. The minimum atomic E-state index is 0.606. The summed E-state index contributed by atoms with van der Waals surface area (Å²) in [6.45, 7) is 2.45. The van der Waals surface area contributed by atoms with Gasteiger partial charge in [0.25, 0.3) is 0 Å². The summed E-state index contributed by atoms with van der Waals surface area (Å²) in [6, 6.07) is 2.85. The molecule has 2 fully saturated rings. The van der Waals surface area contributed by atoms with Crippen molar-refractivity contribution >= 4 is 23.5 Å². The largest absolute Gasteiger partial charge is 0.298 e. The molecule has 0 amide bonds. The maximum atomic E-state index is 4.45. The van der Waals surface area contributed by atoms with Crippen LogP contribution >= 0.6 is 23.5 Å². The molecule has 0 radical (unpaired) electrons. The van der Waals surface area contributed by atoms with Gasteiger partial charge in [-0.3, -0.25) is 4.90 Å². The summed E-state index contributed by atoms with van der Waals surface area (Å²) < 4.78 is 0. The molecule has 0 N–H and O–H groups in total. The molecule has 2 aliphatic heterocycles. The van der Waals surface area contributed by atoms with E-state index in [2.05, 4.69) is 44.5 Å². The van der Waals surface area contributed by atoms with Gasteiger partial charge in [0, 0.05) is 53.4 Å². The van der Waals surface area contributed by atoms with E-state index in [1.165, 1.54) is 54.6 Å². The Labute approximate surface area is 124 Å². The maximum Gasteiger partial charge on any atom is 0.115 e. The van der Waals surface area contributed by atoms with Gasteiger partial charge in [-0.1, -0.05) is 0 Å². The van der Waals surface area contributed by atoms with Crippen LogP contribution in [0.2, 0.25) is 0 Å². The molecule has 1 atom stereocenters. The Hall–Kier alpha value is -0.260. The van der Waals surface area contributed by atoms with Gasteiger partial charge in [0.1, 0.15) is 6.33 Å². The van der Waals surface area contributed by atoms with Gasteiger partial charge in [0.05, 0.1) is 0 Å². The van der Waals surface area contributed by atoms with Crippen molar-refractivity contribution in [1.82, 2.24) is 14.9 Å². The lowest BCUT2D eigenvalue weighted by molar-refractivity contribution is 0.171. The average molecular weight is 295 g/mol. The lowest BCUT2D eigenvalue weighted by Gasteiger charge is -2.37. The van der Waals surface area contributed by atoms with Crippen LogP contribution in [0.25, 0.3) is 0 Å². The summed E-state index contributed by atoms with van der Waals surface area (Å²) >= 11 is 4.25. The van der Waals surface area contributed by atoms with E-state index in [-0.39, 0.29) is 0 Å². The minimum Gasteiger partial charge on any atom is -0.298 e. The van der Waals surface area contributed by atoms with Crippen LogP contribution in [0.1, 0.15) is 24.5 Å². The van der Waals surface area contributed by atoms with Crippen molar-refractivity contribution in [1.29, 1.82) is 0 Å². The molecule has 104 valence electrons. The topological polar surface area (TPSA) is 29.0 Å². The van der Waals surface area contributed by atoms with E-state index < -0.39 is 0 Å². The molecule has 0 unspecified atom stereocenters. The van der Waals surface area contributed by atoms with Gasteiger partial charge in [-0.05, 0) is 25.5 Å². The van der Waals surface area contributed by atoms with Crippen LogP contribution in [-0.2, 0) is 0 Å². The summed E-state index contributed by atoms with van der Waals surface area (Å²) in [4.78, 5) is 11.2. The van der Waals surface area contributed by atoms with E-state index in [9.17, 15) is 0 Å². The summed E-state index contributed by atoms with van der Waals surface area (Å²) in [5.74, 6) is 5.87. The third kappa shape index (κ3) is 3.64. The Balaban J connectivity index is 1.64. The fourth-order valence-electron chi connectivity index (χ4n) is 2.94. The molecule has 5 heteroatoms. The van der Waals surface area contributed by atoms with Crippen LogP contribution in [0.4, 0.5) is 0 Å². The van der Waals surface area contributed by atoms with Gasteiger partial charge < -0.3 is 0 Å². The molecule has 0 bridgehead atoms. The van der Waals surface area contributed by atoms with Crippen LogP contribution in [0.3, 0.4) is 0 Å². The Kier molecular flexibility index (Phi) is 5.02. The molecule has 0 aliphatic carbocycles. The van der Waals surface area contributed by atoms with Gasteiger partial charge >= 0.3 is 0 Å². The van der Waals surface area contributed by atoms with Crippen molar-refractivity contribution in [2.45, 2.75) is 24.8 Å². The Morgan fingerprint density at radius 1 is 1.21 bits per heavy atom. The van der Waals surface area contributed by atoms with E-state index in [1.807, 2.05) is 6.20 Å². The number of hydrogen-bond donors (Lipinski definition) is 0. The molecule has 2 aliphatic rings. The molecule has 1 aromatic rings. The van der Waals surface area contributed by atoms with Gasteiger partial charge in [-0.25, -0.2) is 9.97 Å². The molecule has 0 saturated carbocycles. The number of hydrogen-bond acceptors (Lipinski definition) is 5. The summed E-state index contributed by atoms with van der Waals surface area (Å²) in [6.07, 6.45) is 6.14. The van der Waals surface area contributed by atoms with Crippen LogP contribution in [0.5, 0.6) is 0 Å². The summed E-state index contributed by atoms with van der Waals surface area (Å²) in [7, 11) is 0. The van der Waals surface area contributed by atoms with Crippen molar-refractivity contribution < 1.29 is 0 Å². The zero-order valence-electron chi connectivity index (χ0n) is 11.2. The van der Waals surface area contributed by atoms with E-state index in [0.29, 0.717) is 5.92 Å². The first-order valence-corrected chi connectivity index (χ1v) is 9.40. The van der Waals surface area contributed by atoms with Gasteiger partial charge in [-0.15, -0.1) is 0 Å². The highest BCUT2D eigenvalue weighted by atomic mass is 32.2. The highest BCUT2D eigenvalue weighted by Crippen LogP contribution is 2.29. The summed E-state index contributed by atoms with van der Waals surface area (Å²) in [5.41, 5.74) is 1.23. The second-order valence-electron chi connectivity index (χ2n) is 5.27. The molecule has 0 aromatic carbocycles. The number of thioether (sulfide) groups is 2. The molecule has 3 heterocycles. The molecule has 1 aromatic heterocycles. The SMILES string of the molecule is c1cc([C@@H]2CCCN(C3CSCCSC3)C2)ncn1. The lowest BCUT2D eigenvalue weighted by atomic mass is 9.94. The average Bonchev–Trinajstić information content (AvgIpc) is 2.77. The zero-order valence-corrected chi connectivity index (χ0v) is 12.8. The number of piperidine rings is 1. The number of likely N-dealkylation sites (tertiary alicyclic amines) is 1. The first-order chi connectivity index (χ1) is 9.43. The lowest BCUT2D eigenvalue weighted by Crippen LogP contribution is -2.44. The van der Waals surface area contributed by atoms with Gasteiger partial charge in [-0.2, -0.15) is 23.5 Å².